The zero-order valence-corrected chi connectivity index (χ0v) is 19.4. The number of hydrogen-bond donors (Lipinski definition) is 1. The lowest BCUT2D eigenvalue weighted by Crippen LogP contribution is -2.29. The number of pyridine rings is 2. The molecule has 4 heteroatoms. The van der Waals surface area contributed by atoms with Gasteiger partial charge in [0.15, 0.2) is 0 Å². The fourth-order valence-corrected chi connectivity index (χ4v) is 4.17. The summed E-state index contributed by atoms with van der Waals surface area (Å²) in [5.74, 6) is 0. The van der Waals surface area contributed by atoms with E-state index >= 15 is 0 Å². The average Bonchev–Trinajstić information content (AvgIpc) is 2.76. The molecule has 3 aromatic rings. The Balaban J connectivity index is 1.89. The molecule has 0 aliphatic carbocycles. The third-order valence-corrected chi connectivity index (χ3v) is 6.06. The molecule has 2 N–H and O–H groups in total. The number of nitrogens with two attached hydrogens (primary N) is 1. The number of hydrogen-bond acceptors (Lipinski definition) is 4. The minimum Gasteiger partial charge on any atom is -0.330 e. The van der Waals surface area contributed by atoms with Gasteiger partial charge in [0, 0.05) is 30.9 Å². The summed E-state index contributed by atoms with van der Waals surface area (Å²) in [4.78, 5) is 12.0. The summed E-state index contributed by atoms with van der Waals surface area (Å²) in [5.41, 5.74) is 12.9. The van der Waals surface area contributed by atoms with Crippen molar-refractivity contribution in [2.24, 2.45) is 5.73 Å². The average molecular weight is 417 g/mol. The van der Waals surface area contributed by atoms with Crippen LogP contribution in [0.1, 0.15) is 60.3 Å². The van der Waals surface area contributed by atoms with Crippen molar-refractivity contribution in [2.45, 2.75) is 59.0 Å². The Labute approximate surface area is 187 Å². The van der Waals surface area contributed by atoms with Crippen LogP contribution in [-0.4, -0.2) is 28.0 Å². The van der Waals surface area contributed by atoms with Crippen LogP contribution < -0.4 is 5.73 Å². The summed E-state index contributed by atoms with van der Waals surface area (Å²) in [7, 11) is 0. The smallest absolute Gasteiger partial charge is 0.0584 e. The Kier molecular flexibility index (Phi) is 7.94. The van der Waals surface area contributed by atoms with Crippen LogP contribution in [0.15, 0.2) is 60.9 Å². The highest BCUT2D eigenvalue weighted by molar-refractivity contribution is 5.39. The van der Waals surface area contributed by atoms with Gasteiger partial charge < -0.3 is 5.73 Å². The first-order chi connectivity index (χ1) is 14.9. The van der Waals surface area contributed by atoms with E-state index in [2.05, 4.69) is 75.1 Å². The van der Waals surface area contributed by atoms with Gasteiger partial charge in [-0.2, -0.15) is 0 Å². The summed E-state index contributed by atoms with van der Waals surface area (Å²) < 4.78 is 0. The van der Waals surface area contributed by atoms with Crippen LogP contribution in [0.25, 0.3) is 0 Å². The Morgan fingerprint density at radius 2 is 1.65 bits per heavy atom. The van der Waals surface area contributed by atoms with Crippen LogP contribution in [-0.2, 0) is 18.5 Å². The van der Waals surface area contributed by atoms with Gasteiger partial charge in [-0.3, -0.25) is 14.9 Å². The molecule has 4 nitrogen and oxygen atoms in total. The number of unbranched alkanes of at least 4 members (excludes halogenated alkanes) is 1. The van der Waals surface area contributed by atoms with E-state index in [1.165, 1.54) is 22.3 Å². The molecule has 0 saturated heterocycles. The van der Waals surface area contributed by atoms with Crippen molar-refractivity contribution in [2.75, 3.05) is 13.1 Å². The molecule has 31 heavy (non-hydrogen) atoms. The van der Waals surface area contributed by atoms with E-state index in [4.69, 9.17) is 15.7 Å². The highest BCUT2D eigenvalue weighted by atomic mass is 15.1. The SMILES string of the molecule is Cc1cnc(CN(CCCCN)Cc2ncccc2C(C)(C)c2ccccc2)c(C)c1. The summed E-state index contributed by atoms with van der Waals surface area (Å²) in [5, 5.41) is 0. The molecular formula is C27H36N4. The van der Waals surface area contributed by atoms with Gasteiger partial charge in [0.1, 0.15) is 0 Å². The van der Waals surface area contributed by atoms with Crippen molar-refractivity contribution in [3.05, 3.63) is 94.6 Å². The van der Waals surface area contributed by atoms with Crippen molar-refractivity contribution in [3.63, 3.8) is 0 Å². The molecule has 0 spiro atoms. The summed E-state index contributed by atoms with van der Waals surface area (Å²) >= 11 is 0. The summed E-state index contributed by atoms with van der Waals surface area (Å²) in [6, 6.07) is 17.2. The van der Waals surface area contributed by atoms with E-state index < -0.39 is 0 Å². The molecular weight excluding hydrogens is 380 g/mol. The number of benzene rings is 1. The second kappa shape index (κ2) is 10.7. The molecule has 0 fully saturated rings. The van der Waals surface area contributed by atoms with Gasteiger partial charge in [-0.15, -0.1) is 0 Å². The molecule has 2 heterocycles. The maximum atomic E-state index is 5.76. The largest absolute Gasteiger partial charge is 0.330 e. The fraction of sp³-hybridized carbons (Fsp3) is 0.407. The van der Waals surface area contributed by atoms with Gasteiger partial charge in [-0.25, -0.2) is 0 Å². The predicted molar refractivity (Wildman–Crippen MR) is 129 cm³/mol. The highest BCUT2D eigenvalue weighted by Gasteiger charge is 2.27. The molecule has 1 aromatic carbocycles. The number of aryl methyl sites for hydroxylation is 2. The van der Waals surface area contributed by atoms with Gasteiger partial charge in [0.05, 0.1) is 11.4 Å². The normalized spacial score (nSPS) is 11.8. The molecule has 0 saturated carbocycles. The monoisotopic (exact) mass is 416 g/mol. The minimum atomic E-state index is -0.119. The van der Waals surface area contributed by atoms with Gasteiger partial charge in [0.25, 0.3) is 0 Å². The van der Waals surface area contributed by atoms with Crippen LogP contribution in [0, 0.1) is 13.8 Å². The van der Waals surface area contributed by atoms with Crippen LogP contribution >= 0.6 is 0 Å². The molecule has 0 amide bonds. The Morgan fingerprint density at radius 1 is 0.903 bits per heavy atom. The fourth-order valence-electron chi connectivity index (χ4n) is 4.17. The van der Waals surface area contributed by atoms with Crippen LogP contribution in [0.3, 0.4) is 0 Å². The van der Waals surface area contributed by atoms with Gasteiger partial charge in [-0.1, -0.05) is 56.3 Å². The van der Waals surface area contributed by atoms with E-state index in [9.17, 15) is 0 Å². The Bertz CT molecular complexity index is 966. The second-order valence-corrected chi connectivity index (χ2v) is 8.97. The van der Waals surface area contributed by atoms with Crippen LogP contribution in [0.2, 0.25) is 0 Å². The Hall–Kier alpha value is -2.56. The molecule has 0 bridgehead atoms. The summed E-state index contributed by atoms with van der Waals surface area (Å²) in [6.07, 6.45) is 5.98. The maximum Gasteiger partial charge on any atom is 0.0584 e. The standard InChI is InChI=1S/C27H36N4/c1-21-17-22(2)25(30-18-21)19-31(16-9-8-14-28)20-26-24(13-10-15-29-26)27(3,4)23-11-6-5-7-12-23/h5-7,10-13,15,17-18H,8-9,14,16,19-20,28H2,1-4H3. The second-order valence-electron chi connectivity index (χ2n) is 8.97. The Morgan fingerprint density at radius 3 is 2.35 bits per heavy atom. The molecule has 0 unspecified atom stereocenters. The molecule has 0 aliphatic heterocycles. The van der Waals surface area contributed by atoms with Crippen molar-refractivity contribution in [1.29, 1.82) is 0 Å². The van der Waals surface area contributed by atoms with Crippen LogP contribution in [0.5, 0.6) is 0 Å². The summed E-state index contributed by atoms with van der Waals surface area (Å²) in [6.45, 7) is 12.1. The van der Waals surface area contributed by atoms with Gasteiger partial charge in [0.2, 0.25) is 0 Å². The third-order valence-electron chi connectivity index (χ3n) is 6.06. The van der Waals surface area contributed by atoms with Crippen LogP contribution in [0.4, 0.5) is 0 Å². The predicted octanol–water partition coefficient (Wildman–Crippen LogP) is 5.16. The molecule has 0 atom stereocenters. The maximum absolute atomic E-state index is 5.76. The van der Waals surface area contributed by atoms with E-state index in [0.717, 1.165) is 50.4 Å². The zero-order chi connectivity index (χ0) is 22.3. The third kappa shape index (κ3) is 5.99. The topological polar surface area (TPSA) is 55.0 Å². The highest BCUT2D eigenvalue weighted by Crippen LogP contribution is 2.33. The van der Waals surface area contributed by atoms with Crippen molar-refractivity contribution >= 4 is 0 Å². The van der Waals surface area contributed by atoms with E-state index in [-0.39, 0.29) is 5.41 Å². The molecule has 2 aromatic heterocycles. The van der Waals surface area contributed by atoms with E-state index in [1.54, 1.807) is 0 Å². The van der Waals surface area contributed by atoms with E-state index in [1.807, 2.05) is 18.5 Å². The first kappa shape index (κ1) is 23.1. The lowest BCUT2D eigenvalue weighted by Gasteiger charge is -2.30. The zero-order valence-electron chi connectivity index (χ0n) is 19.4. The molecule has 3 rings (SSSR count). The van der Waals surface area contributed by atoms with Crippen molar-refractivity contribution < 1.29 is 0 Å². The molecule has 0 radical (unpaired) electrons. The lowest BCUT2D eigenvalue weighted by atomic mass is 9.77. The number of rotatable bonds is 10. The molecule has 164 valence electrons. The number of aromatic nitrogens is 2. The molecule has 0 aliphatic rings. The lowest BCUT2D eigenvalue weighted by molar-refractivity contribution is 0.243. The van der Waals surface area contributed by atoms with E-state index in [0.29, 0.717) is 0 Å². The van der Waals surface area contributed by atoms with Gasteiger partial charge in [-0.05, 0) is 68.1 Å². The minimum absolute atomic E-state index is 0.119. The van der Waals surface area contributed by atoms with Gasteiger partial charge >= 0.3 is 0 Å². The quantitative estimate of drug-likeness (QED) is 0.464. The number of nitrogens with zero attached hydrogens (tertiary/aromatic N) is 3. The first-order valence-electron chi connectivity index (χ1n) is 11.3. The van der Waals surface area contributed by atoms with Crippen molar-refractivity contribution in [1.82, 2.24) is 14.9 Å². The first-order valence-corrected chi connectivity index (χ1v) is 11.3. The van der Waals surface area contributed by atoms with Crippen molar-refractivity contribution in [3.8, 4) is 0 Å².